The highest BCUT2D eigenvalue weighted by Crippen LogP contribution is 2.52. The number of hydrogen-bond donors (Lipinski definition) is 1. The number of aromatic nitrogens is 2. The van der Waals surface area contributed by atoms with Crippen molar-refractivity contribution in [2.75, 3.05) is 6.54 Å². The third kappa shape index (κ3) is 4.10. The van der Waals surface area contributed by atoms with E-state index in [2.05, 4.69) is 5.10 Å². The normalized spacial score (nSPS) is 18.2. The molecule has 32 heavy (non-hydrogen) atoms. The lowest BCUT2D eigenvalue weighted by atomic mass is 9.64. The molecular formula is C22H24ClF3N4O2. The standard InChI is InChI=1S/C22H24ClF3N4O2/c1-21(2,13-8-22(25,26)9-13)10-17(31)29-5-6-30-16(11-29)18(20(27)32)19(28-30)12-3-4-15(24)14(23)7-12/h3-4,7,13H,5-6,8-11H2,1-2H3,(H2,27,32). The number of halogens is 4. The Labute approximate surface area is 188 Å². The summed E-state index contributed by atoms with van der Waals surface area (Å²) in [7, 11) is 0. The van der Waals surface area contributed by atoms with Crippen molar-refractivity contribution in [1.82, 2.24) is 14.7 Å². The highest BCUT2D eigenvalue weighted by atomic mass is 35.5. The molecular weight excluding hydrogens is 445 g/mol. The molecule has 10 heteroatoms. The Kier molecular flexibility index (Phi) is 5.51. The first-order valence-electron chi connectivity index (χ1n) is 10.4. The number of fused-ring (bicyclic) bond motifs is 1. The van der Waals surface area contributed by atoms with Crippen molar-refractivity contribution in [3.63, 3.8) is 0 Å². The first-order valence-corrected chi connectivity index (χ1v) is 10.8. The van der Waals surface area contributed by atoms with E-state index in [1.165, 1.54) is 18.2 Å². The summed E-state index contributed by atoms with van der Waals surface area (Å²) in [5.41, 5.74) is 6.43. The Morgan fingerprint density at radius 2 is 1.97 bits per heavy atom. The second-order valence-electron chi connectivity index (χ2n) is 9.33. The summed E-state index contributed by atoms with van der Waals surface area (Å²) < 4.78 is 41.8. The fourth-order valence-electron chi connectivity index (χ4n) is 4.49. The molecule has 0 bridgehead atoms. The molecule has 0 unspecified atom stereocenters. The zero-order valence-electron chi connectivity index (χ0n) is 17.8. The van der Waals surface area contributed by atoms with Crippen LogP contribution in [0, 0.1) is 17.2 Å². The third-order valence-electron chi connectivity index (χ3n) is 6.57. The van der Waals surface area contributed by atoms with Gasteiger partial charge < -0.3 is 10.6 Å². The van der Waals surface area contributed by atoms with Crippen LogP contribution in [0.4, 0.5) is 13.2 Å². The number of nitrogens with zero attached hydrogens (tertiary/aromatic N) is 3. The Balaban J connectivity index is 1.57. The Bertz CT molecular complexity index is 1090. The van der Waals surface area contributed by atoms with Crippen molar-refractivity contribution >= 4 is 23.4 Å². The maximum absolute atomic E-state index is 13.6. The molecule has 1 aromatic heterocycles. The molecule has 4 rings (SSSR count). The number of carbonyl (C=O) groups is 2. The van der Waals surface area contributed by atoms with Gasteiger partial charge in [0.15, 0.2) is 0 Å². The molecule has 6 nitrogen and oxygen atoms in total. The van der Waals surface area contributed by atoms with Crippen LogP contribution in [-0.4, -0.2) is 39.0 Å². The van der Waals surface area contributed by atoms with Crippen molar-refractivity contribution in [3.8, 4) is 11.3 Å². The summed E-state index contributed by atoms with van der Waals surface area (Å²) >= 11 is 5.88. The molecule has 2 aromatic rings. The zero-order valence-corrected chi connectivity index (χ0v) is 18.6. The van der Waals surface area contributed by atoms with Gasteiger partial charge in [-0.2, -0.15) is 5.10 Å². The molecule has 2 N–H and O–H groups in total. The third-order valence-corrected chi connectivity index (χ3v) is 6.86. The van der Waals surface area contributed by atoms with Crippen LogP contribution < -0.4 is 5.73 Å². The number of carbonyl (C=O) groups excluding carboxylic acids is 2. The van der Waals surface area contributed by atoms with E-state index < -0.39 is 23.1 Å². The maximum Gasteiger partial charge on any atom is 0.252 e. The number of hydrogen-bond acceptors (Lipinski definition) is 3. The van der Waals surface area contributed by atoms with Crippen molar-refractivity contribution in [3.05, 3.63) is 40.3 Å². The van der Waals surface area contributed by atoms with E-state index in [4.69, 9.17) is 17.3 Å². The number of benzene rings is 1. The van der Waals surface area contributed by atoms with Crippen LogP contribution in [0.25, 0.3) is 11.3 Å². The second-order valence-corrected chi connectivity index (χ2v) is 9.74. The van der Waals surface area contributed by atoms with E-state index in [0.29, 0.717) is 24.3 Å². The van der Waals surface area contributed by atoms with Gasteiger partial charge in [-0.05, 0) is 29.5 Å². The average molecular weight is 469 g/mol. The minimum Gasteiger partial charge on any atom is -0.365 e. The molecule has 0 radical (unpaired) electrons. The second kappa shape index (κ2) is 7.79. The summed E-state index contributed by atoms with van der Waals surface area (Å²) in [4.78, 5) is 26.9. The van der Waals surface area contributed by atoms with Crippen LogP contribution >= 0.6 is 11.6 Å². The first kappa shape index (κ1) is 22.6. The number of amides is 2. The van der Waals surface area contributed by atoms with Gasteiger partial charge in [0.25, 0.3) is 5.91 Å². The molecule has 2 heterocycles. The van der Waals surface area contributed by atoms with Crippen molar-refractivity contribution in [1.29, 1.82) is 0 Å². The highest BCUT2D eigenvalue weighted by molar-refractivity contribution is 6.31. The molecule has 1 aromatic carbocycles. The van der Waals surface area contributed by atoms with Gasteiger partial charge in [-0.3, -0.25) is 14.3 Å². The molecule has 0 saturated heterocycles. The zero-order chi connectivity index (χ0) is 23.4. The summed E-state index contributed by atoms with van der Waals surface area (Å²) in [5.74, 6) is -4.33. The lowest BCUT2D eigenvalue weighted by Crippen LogP contribution is -2.47. The number of alkyl halides is 2. The van der Waals surface area contributed by atoms with Gasteiger partial charge in [0.2, 0.25) is 11.8 Å². The van der Waals surface area contributed by atoms with Crippen LogP contribution in [-0.2, 0) is 17.9 Å². The van der Waals surface area contributed by atoms with Crippen LogP contribution in [0.15, 0.2) is 18.2 Å². The summed E-state index contributed by atoms with van der Waals surface area (Å²) in [6.07, 6.45) is -0.265. The Hall–Kier alpha value is -2.55. The fourth-order valence-corrected chi connectivity index (χ4v) is 4.68. The van der Waals surface area contributed by atoms with Crippen LogP contribution in [0.3, 0.4) is 0 Å². The molecule has 1 fully saturated rings. The molecule has 2 amide bonds. The van der Waals surface area contributed by atoms with Gasteiger partial charge in [0.1, 0.15) is 11.5 Å². The monoisotopic (exact) mass is 468 g/mol. The number of rotatable bonds is 5. The SMILES string of the molecule is CC(C)(CC(=O)N1CCn2nc(-c3ccc(F)c(Cl)c3)c(C(N)=O)c2C1)C1CC(F)(F)C1. The number of nitrogens with two attached hydrogens (primary N) is 1. The molecule has 1 aliphatic heterocycles. The lowest BCUT2D eigenvalue weighted by molar-refractivity contribution is -0.154. The predicted octanol–water partition coefficient (Wildman–Crippen LogP) is 4.25. The van der Waals surface area contributed by atoms with Gasteiger partial charge >= 0.3 is 0 Å². The maximum atomic E-state index is 13.6. The molecule has 172 valence electrons. The fraction of sp³-hybridized carbons (Fsp3) is 0.500. The minimum atomic E-state index is -2.64. The van der Waals surface area contributed by atoms with E-state index in [-0.39, 0.29) is 53.9 Å². The Morgan fingerprint density at radius 1 is 1.28 bits per heavy atom. The average Bonchev–Trinajstić information content (AvgIpc) is 3.06. The van der Waals surface area contributed by atoms with Crippen molar-refractivity contribution in [2.24, 2.45) is 17.1 Å². The minimum absolute atomic E-state index is 0.107. The predicted molar refractivity (Wildman–Crippen MR) is 113 cm³/mol. The highest BCUT2D eigenvalue weighted by Gasteiger charge is 2.52. The molecule has 2 aliphatic rings. The number of primary amides is 1. The smallest absolute Gasteiger partial charge is 0.252 e. The van der Waals surface area contributed by atoms with Crippen molar-refractivity contribution < 1.29 is 22.8 Å². The van der Waals surface area contributed by atoms with Crippen LogP contribution in [0.1, 0.15) is 49.2 Å². The summed E-state index contributed by atoms with van der Waals surface area (Å²) in [5, 5.41) is 4.35. The summed E-state index contributed by atoms with van der Waals surface area (Å²) in [6, 6.07) is 4.02. The molecule has 0 atom stereocenters. The van der Waals surface area contributed by atoms with Gasteiger partial charge in [-0.15, -0.1) is 0 Å². The quantitative estimate of drug-likeness (QED) is 0.712. The van der Waals surface area contributed by atoms with Crippen LogP contribution in [0.5, 0.6) is 0 Å². The van der Waals surface area contributed by atoms with E-state index in [1.54, 1.807) is 9.58 Å². The van der Waals surface area contributed by atoms with E-state index in [0.717, 1.165) is 0 Å². The molecule has 0 spiro atoms. The van der Waals surface area contributed by atoms with Gasteiger partial charge in [-0.1, -0.05) is 25.4 Å². The first-order chi connectivity index (χ1) is 14.9. The molecule has 1 saturated carbocycles. The van der Waals surface area contributed by atoms with Gasteiger partial charge in [0, 0.05) is 31.4 Å². The van der Waals surface area contributed by atoms with Crippen LogP contribution in [0.2, 0.25) is 5.02 Å². The van der Waals surface area contributed by atoms with E-state index >= 15 is 0 Å². The molecule has 1 aliphatic carbocycles. The van der Waals surface area contributed by atoms with Gasteiger partial charge in [-0.25, -0.2) is 13.2 Å². The van der Waals surface area contributed by atoms with E-state index in [1.807, 2.05) is 13.8 Å². The topological polar surface area (TPSA) is 81.2 Å². The van der Waals surface area contributed by atoms with Crippen molar-refractivity contribution in [2.45, 2.75) is 52.1 Å². The van der Waals surface area contributed by atoms with Gasteiger partial charge in [0.05, 0.1) is 29.4 Å². The van der Waals surface area contributed by atoms with E-state index in [9.17, 15) is 22.8 Å². The lowest BCUT2D eigenvalue weighted by Gasteiger charge is -2.45. The largest absolute Gasteiger partial charge is 0.365 e. The Morgan fingerprint density at radius 3 is 2.56 bits per heavy atom. The summed E-state index contributed by atoms with van der Waals surface area (Å²) in [6.45, 7) is 4.51.